The Bertz CT molecular complexity index is 1080. The summed E-state index contributed by atoms with van der Waals surface area (Å²) >= 11 is 0. The Labute approximate surface area is 179 Å². The first-order chi connectivity index (χ1) is 14.4. The lowest BCUT2D eigenvalue weighted by Crippen LogP contribution is -2.49. The molecule has 0 amide bonds. The van der Waals surface area contributed by atoms with E-state index in [-0.39, 0.29) is 11.5 Å². The van der Waals surface area contributed by atoms with Crippen molar-refractivity contribution in [3.63, 3.8) is 0 Å². The highest BCUT2D eigenvalue weighted by atomic mass is 16.3. The fraction of sp³-hybridized carbons (Fsp3) is 0.593. The van der Waals surface area contributed by atoms with Crippen molar-refractivity contribution >= 4 is 16.5 Å². The molecule has 4 aliphatic carbocycles. The highest BCUT2D eigenvalue weighted by Gasteiger charge is 2.57. The zero-order valence-electron chi connectivity index (χ0n) is 18.6. The number of aromatic nitrogens is 2. The Hall–Kier alpha value is -1.87. The Morgan fingerprint density at radius 1 is 1.00 bits per heavy atom. The first-order valence-electron chi connectivity index (χ1n) is 11.9. The molecule has 1 aromatic heterocycles. The number of rotatable bonds is 1. The van der Waals surface area contributed by atoms with E-state index in [2.05, 4.69) is 62.0 Å². The fourth-order valence-corrected chi connectivity index (χ4v) is 8.04. The molecule has 0 saturated heterocycles. The van der Waals surface area contributed by atoms with E-state index in [9.17, 15) is 5.11 Å². The highest BCUT2D eigenvalue weighted by Crippen LogP contribution is 2.66. The van der Waals surface area contributed by atoms with Crippen LogP contribution in [0.4, 0.5) is 0 Å². The maximum Gasteiger partial charge on any atom is 0.0929 e. The molecule has 158 valence electrons. The van der Waals surface area contributed by atoms with Crippen molar-refractivity contribution in [2.24, 2.45) is 35.6 Å². The van der Waals surface area contributed by atoms with Gasteiger partial charge in [-0.2, -0.15) is 5.10 Å². The number of hydrogen-bond donors (Lipinski definition) is 1. The lowest BCUT2D eigenvalue weighted by Gasteiger charge is -2.57. The lowest BCUT2D eigenvalue weighted by molar-refractivity contribution is -0.0239. The van der Waals surface area contributed by atoms with Gasteiger partial charge in [0.25, 0.3) is 0 Å². The van der Waals surface area contributed by atoms with Gasteiger partial charge in [0.2, 0.25) is 0 Å². The van der Waals surface area contributed by atoms with Crippen molar-refractivity contribution in [1.82, 2.24) is 9.78 Å². The molecule has 0 aliphatic heterocycles. The van der Waals surface area contributed by atoms with Crippen LogP contribution in [0.2, 0.25) is 0 Å². The zero-order valence-corrected chi connectivity index (χ0v) is 18.6. The second kappa shape index (κ2) is 6.32. The van der Waals surface area contributed by atoms with Gasteiger partial charge in [0, 0.05) is 12.4 Å². The number of fused-ring (bicyclic) bond motifs is 6. The quantitative estimate of drug-likeness (QED) is 0.604. The molecule has 4 aliphatic rings. The first-order valence-corrected chi connectivity index (χ1v) is 11.9. The standard InChI is InChI=1S/C27H34N2O/c1-26-14-12-18(30)16-17(26)8-9-19-21-10-11-23(27(21,2)15-13-22(19)26)25-20-6-4-5-7-24(20)28-29(25)3/h4-8,11,18-19,21-22,30H,9-10,12-16H2,1-3H3/t18-,19-,21-,22-,26-,27-/m0/s1. The average Bonchev–Trinajstić information content (AvgIpc) is 3.24. The molecule has 0 radical (unpaired) electrons. The SMILES string of the molecule is Cn1nc2ccccc2c1C1=CC[C@H]2[C@@H]3CC=C4C[C@@H](O)CC[C@]4(C)[C@H]3CC[C@]12C. The molecular formula is C27H34N2O. The van der Waals surface area contributed by atoms with Crippen LogP contribution in [0.25, 0.3) is 16.5 Å². The summed E-state index contributed by atoms with van der Waals surface area (Å²) in [5.41, 5.74) is 6.11. The monoisotopic (exact) mass is 402 g/mol. The Balaban J connectivity index is 1.38. The molecule has 2 aromatic rings. The molecule has 6 rings (SSSR count). The van der Waals surface area contributed by atoms with E-state index in [0.717, 1.165) is 42.5 Å². The van der Waals surface area contributed by atoms with Gasteiger partial charge in [-0.3, -0.25) is 4.68 Å². The van der Waals surface area contributed by atoms with E-state index in [1.807, 2.05) is 0 Å². The molecular weight excluding hydrogens is 368 g/mol. The Kier molecular flexibility index (Phi) is 3.98. The molecule has 30 heavy (non-hydrogen) atoms. The summed E-state index contributed by atoms with van der Waals surface area (Å²) in [7, 11) is 2.11. The summed E-state index contributed by atoms with van der Waals surface area (Å²) in [5, 5.41) is 16.4. The van der Waals surface area contributed by atoms with Crippen molar-refractivity contribution in [2.45, 2.75) is 64.9 Å². The number of aryl methyl sites for hydroxylation is 1. The number of allylic oxidation sites excluding steroid dienone is 3. The largest absolute Gasteiger partial charge is 0.393 e. The van der Waals surface area contributed by atoms with Crippen LogP contribution >= 0.6 is 0 Å². The van der Waals surface area contributed by atoms with Crippen LogP contribution in [0, 0.1) is 28.6 Å². The fourth-order valence-electron chi connectivity index (χ4n) is 8.04. The molecule has 0 unspecified atom stereocenters. The van der Waals surface area contributed by atoms with E-state index in [4.69, 9.17) is 5.10 Å². The van der Waals surface area contributed by atoms with Gasteiger partial charge < -0.3 is 5.11 Å². The molecule has 0 bridgehead atoms. The van der Waals surface area contributed by atoms with Crippen LogP contribution in [0.3, 0.4) is 0 Å². The molecule has 2 saturated carbocycles. The van der Waals surface area contributed by atoms with E-state index in [0.29, 0.717) is 5.41 Å². The van der Waals surface area contributed by atoms with Crippen molar-refractivity contribution in [1.29, 1.82) is 0 Å². The number of aliphatic hydroxyl groups excluding tert-OH is 1. The predicted octanol–water partition coefficient (Wildman–Crippen LogP) is 5.89. The van der Waals surface area contributed by atoms with Crippen LogP contribution in [0.15, 0.2) is 42.0 Å². The molecule has 1 heterocycles. The van der Waals surface area contributed by atoms with E-state index >= 15 is 0 Å². The number of hydrogen-bond acceptors (Lipinski definition) is 2. The van der Waals surface area contributed by atoms with Gasteiger partial charge in [-0.25, -0.2) is 0 Å². The maximum absolute atomic E-state index is 10.2. The van der Waals surface area contributed by atoms with Crippen LogP contribution in [-0.4, -0.2) is 21.0 Å². The summed E-state index contributed by atoms with van der Waals surface area (Å²) in [6, 6.07) is 8.61. The topological polar surface area (TPSA) is 38.0 Å². The van der Waals surface area contributed by atoms with Crippen LogP contribution in [0.1, 0.15) is 64.5 Å². The maximum atomic E-state index is 10.2. The van der Waals surface area contributed by atoms with Crippen molar-refractivity contribution in [3.8, 4) is 0 Å². The van der Waals surface area contributed by atoms with Gasteiger partial charge >= 0.3 is 0 Å². The minimum absolute atomic E-state index is 0.118. The van der Waals surface area contributed by atoms with Gasteiger partial charge in [-0.05, 0) is 85.2 Å². The zero-order chi connectivity index (χ0) is 20.7. The van der Waals surface area contributed by atoms with Crippen LogP contribution < -0.4 is 0 Å². The summed E-state index contributed by atoms with van der Waals surface area (Å²) in [6.07, 6.45) is 13.0. The number of nitrogens with zero attached hydrogens (tertiary/aromatic N) is 2. The van der Waals surface area contributed by atoms with Crippen LogP contribution in [-0.2, 0) is 7.05 Å². The minimum atomic E-state index is -0.118. The normalized spacial score (nSPS) is 40.4. The third kappa shape index (κ3) is 2.39. The Morgan fingerprint density at radius 3 is 2.67 bits per heavy atom. The average molecular weight is 403 g/mol. The molecule has 3 nitrogen and oxygen atoms in total. The molecule has 2 fully saturated rings. The molecule has 6 atom stereocenters. The van der Waals surface area contributed by atoms with Gasteiger partial charge in [0.15, 0.2) is 0 Å². The smallest absolute Gasteiger partial charge is 0.0929 e. The molecule has 0 spiro atoms. The summed E-state index contributed by atoms with van der Waals surface area (Å²) in [6.45, 7) is 5.06. The number of aliphatic hydroxyl groups is 1. The van der Waals surface area contributed by atoms with Gasteiger partial charge in [0.1, 0.15) is 0 Å². The second-order valence-electron chi connectivity index (χ2n) is 11.0. The van der Waals surface area contributed by atoms with Crippen molar-refractivity contribution in [2.75, 3.05) is 0 Å². The van der Waals surface area contributed by atoms with Crippen molar-refractivity contribution < 1.29 is 5.11 Å². The number of benzene rings is 1. The molecule has 3 heteroatoms. The van der Waals surface area contributed by atoms with Gasteiger partial charge in [-0.15, -0.1) is 0 Å². The second-order valence-corrected chi connectivity index (χ2v) is 11.0. The van der Waals surface area contributed by atoms with E-state index < -0.39 is 0 Å². The van der Waals surface area contributed by atoms with Gasteiger partial charge in [0.05, 0.1) is 17.3 Å². The van der Waals surface area contributed by atoms with Crippen molar-refractivity contribution in [3.05, 3.63) is 47.7 Å². The summed E-state index contributed by atoms with van der Waals surface area (Å²) < 4.78 is 2.12. The van der Waals surface area contributed by atoms with E-state index in [1.165, 1.54) is 36.8 Å². The van der Waals surface area contributed by atoms with Gasteiger partial charge in [-0.1, -0.05) is 49.8 Å². The third-order valence-electron chi connectivity index (χ3n) is 9.65. The van der Waals surface area contributed by atoms with Crippen LogP contribution in [0.5, 0.6) is 0 Å². The first kappa shape index (κ1) is 18.9. The molecule has 1 N–H and O–H groups in total. The third-order valence-corrected chi connectivity index (χ3v) is 9.65. The summed E-state index contributed by atoms with van der Waals surface area (Å²) in [5.74, 6) is 2.27. The highest BCUT2D eigenvalue weighted by molar-refractivity contribution is 5.92. The lowest BCUT2D eigenvalue weighted by atomic mass is 9.47. The van der Waals surface area contributed by atoms with E-state index in [1.54, 1.807) is 11.1 Å². The molecule has 1 aromatic carbocycles. The minimum Gasteiger partial charge on any atom is -0.393 e. The Morgan fingerprint density at radius 2 is 1.80 bits per heavy atom. The summed E-state index contributed by atoms with van der Waals surface area (Å²) in [4.78, 5) is 0. The predicted molar refractivity (Wildman–Crippen MR) is 122 cm³/mol.